The Hall–Kier alpha value is -0.650. The normalized spacial score (nSPS) is 32.4. The van der Waals surface area contributed by atoms with E-state index < -0.39 is 11.5 Å². The van der Waals surface area contributed by atoms with Crippen molar-refractivity contribution in [1.29, 1.82) is 0 Å². The Morgan fingerprint density at radius 3 is 2.94 bits per heavy atom. The molecule has 0 aromatic carbocycles. The molecule has 5 heteroatoms. The fraction of sp³-hybridized carbons (Fsp3) is 0.917. The number of ether oxygens (including phenoxy) is 1. The molecule has 0 radical (unpaired) electrons. The quantitative estimate of drug-likeness (QED) is 0.726. The summed E-state index contributed by atoms with van der Waals surface area (Å²) in [7, 11) is 1.54. The maximum absolute atomic E-state index is 11.3. The fourth-order valence-electron chi connectivity index (χ4n) is 3.11. The van der Waals surface area contributed by atoms with E-state index in [2.05, 4.69) is 10.2 Å². The number of carbonyl (C=O) groups is 1. The maximum Gasteiger partial charge on any atom is 0.326 e. The molecule has 0 bridgehead atoms. The number of rotatable bonds is 5. The lowest BCUT2D eigenvalue weighted by Crippen LogP contribution is -2.58. The summed E-state index contributed by atoms with van der Waals surface area (Å²) in [6.07, 6.45) is 3.45. The Morgan fingerprint density at radius 1 is 1.53 bits per heavy atom. The van der Waals surface area contributed by atoms with Crippen molar-refractivity contribution in [3.8, 4) is 0 Å². The lowest BCUT2D eigenvalue weighted by atomic mass is 9.98. The lowest BCUT2D eigenvalue weighted by molar-refractivity contribution is -0.147. The second-order valence-corrected chi connectivity index (χ2v) is 5.36. The van der Waals surface area contributed by atoms with Gasteiger partial charge in [-0.05, 0) is 32.7 Å². The van der Waals surface area contributed by atoms with Crippen molar-refractivity contribution in [1.82, 2.24) is 10.2 Å². The van der Waals surface area contributed by atoms with Gasteiger partial charge in [0.05, 0.1) is 6.61 Å². The Bertz CT molecular complexity index is 297. The largest absolute Gasteiger partial charge is 0.480 e. The molecule has 98 valence electrons. The SMILES string of the molecule is COCC(C)(NC1CCN2CCCC12)C(=O)O. The number of carboxylic acids is 1. The van der Waals surface area contributed by atoms with Crippen LogP contribution in [0.3, 0.4) is 0 Å². The van der Waals surface area contributed by atoms with Gasteiger partial charge in [0, 0.05) is 25.7 Å². The molecule has 2 fully saturated rings. The van der Waals surface area contributed by atoms with Crippen LogP contribution >= 0.6 is 0 Å². The Balaban J connectivity index is 2.01. The molecular weight excluding hydrogens is 220 g/mol. The number of carboxylic acid groups (broad SMARTS) is 1. The second-order valence-electron chi connectivity index (χ2n) is 5.36. The third kappa shape index (κ3) is 2.46. The Morgan fingerprint density at radius 2 is 2.29 bits per heavy atom. The molecule has 5 nitrogen and oxygen atoms in total. The minimum Gasteiger partial charge on any atom is -0.480 e. The van der Waals surface area contributed by atoms with Crippen LogP contribution in [0.15, 0.2) is 0 Å². The van der Waals surface area contributed by atoms with Gasteiger partial charge in [0.15, 0.2) is 0 Å². The Labute approximate surface area is 102 Å². The highest BCUT2D eigenvalue weighted by Gasteiger charge is 2.43. The van der Waals surface area contributed by atoms with Crippen molar-refractivity contribution in [2.45, 2.75) is 43.8 Å². The third-order valence-electron chi connectivity index (χ3n) is 4.02. The number of hydrogen-bond donors (Lipinski definition) is 2. The van der Waals surface area contributed by atoms with E-state index in [1.807, 2.05) is 0 Å². The zero-order chi connectivity index (χ0) is 12.5. The molecule has 3 atom stereocenters. The van der Waals surface area contributed by atoms with Gasteiger partial charge in [0.2, 0.25) is 0 Å². The van der Waals surface area contributed by atoms with E-state index in [9.17, 15) is 9.90 Å². The van der Waals surface area contributed by atoms with Gasteiger partial charge in [0.1, 0.15) is 5.54 Å². The summed E-state index contributed by atoms with van der Waals surface area (Å²) >= 11 is 0. The first kappa shape index (κ1) is 12.8. The first-order valence-corrected chi connectivity index (χ1v) is 6.31. The van der Waals surface area contributed by atoms with Gasteiger partial charge in [0.25, 0.3) is 0 Å². The van der Waals surface area contributed by atoms with E-state index in [0.717, 1.165) is 19.5 Å². The first-order valence-electron chi connectivity index (χ1n) is 6.31. The molecule has 0 spiro atoms. The maximum atomic E-state index is 11.3. The van der Waals surface area contributed by atoms with Crippen LogP contribution in [-0.4, -0.2) is 60.4 Å². The predicted octanol–water partition coefficient (Wildman–Crippen LogP) is 0.302. The highest BCUT2D eigenvalue weighted by atomic mass is 16.5. The number of hydrogen-bond acceptors (Lipinski definition) is 4. The van der Waals surface area contributed by atoms with Crippen molar-refractivity contribution in [2.75, 3.05) is 26.8 Å². The minimum absolute atomic E-state index is 0.200. The van der Waals surface area contributed by atoms with Gasteiger partial charge in [-0.15, -0.1) is 0 Å². The van der Waals surface area contributed by atoms with E-state index in [1.54, 1.807) is 14.0 Å². The molecule has 0 aliphatic carbocycles. The van der Waals surface area contributed by atoms with E-state index in [-0.39, 0.29) is 12.6 Å². The van der Waals surface area contributed by atoms with Crippen LogP contribution in [-0.2, 0) is 9.53 Å². The molecule has 2 N–H and O–H groups in total. The molecule has 0 amide bonds. The summed E-state index contributed by atoms with van der Waals surface area (Å²) in [4.78, 5) is 13.8. The number of aliphatic carboxylic acids is 1. The number of nitrogens with one attached hydrogen (secondary N) is 1. The highest BCUT2D eigenvalue weighted by molar-refractivity contribution is 5.78. The van der Waals surface area contributed by atoms with E-state index in [4.69, 9.17) is 4.74 Å². The molecule has 0 aromatic heterocycles. The minimum atomic E-state index is -0.974. The summed E-state index contributed by atoms with van der Waals surface area (Å²) in [5.41, 5.74) is -0.974. The van der Waals surface area contributed by atoms with Crippen LogP contribution < -0.4 is 5.32 Å². The molecule has 2 rings (SSSR count). The summed E-state index contributed by atoms with van der Waals surface area (Å²) in [6, 6.07) is 0.805. The molecule has 0 aromatic rings. The number of nitrogens with zero attached hydrogens (tertiary/aromatic N) is 1. The molecule has 2 aliphatic heterocycles. The van der Waals surface area contributed by atoms with E-state index in [0.29, 0.717) is 6.04 Å². The Kier molecular flexibility index (Phi) is 3.70. The first-order chi connectivity index (χ1) is 8.07. The molecule has 2 heterocycles. The summed E-state index contributed by atoms with van der Waals surface area (Å²) in [6.45, 7) is 4.16. The van der Waals surface area contributed by atoms with Crippen LogP contribution in [0.25, 0.3) is 0 Å². The van der Waals surface area contributed by atoms with Gasteiger partial charge in [-0.25, -0.2) is 0 Å². The van der Waals surface area contributed by atoms with Crippen molar-refractivity contribution >= 4 is 5.97 Å². The van der Waals surface area contributed by atoms with Crippen molar-refractivity contribution in [3.05, 3.63) is 0 Å². The fourth-order valence-corrected chi connectivity index (χ4v) is 3.11. The topological polar surface area (TPSA) is 61.8 Å². The van der Waals surface area contributed by atoms with Gasteiger partial charge < -0.3 is 9.84 Å². The van der Waals surface area contributed by atoms with Gasteiger partial charge in [-0.2, -0.15) is 0 Å². The van der Waals surface area contributed by atoms with Crippen LogP contribution in [0.5, 0.6) is 0 Å². The second kappa shape index (κ2) is 4.92. The van der Waals surface area contributed by atoms with Crippen LogP contribution in [0.2, 0.25) is 0 Å². The zero-order valence-corrected chi connectivity index (χ0v) is 10.6. The standard InChI is InChI=1S/C12H22N2O3/c1-12(8-17-2,11(15)16)13-9-5-7-14-6-3-4-10(9)14/h9-10,13H,3-8H2,1-2H3,(H,15,16). The molecule has 0 saturated carbocycles. The van der Waals surface area contributed by atoms with Crippen LogP contribution in [0.1, 0.15) is 26.2 Å². The van der Waals surface area contributed by atoms with Crippen LogP contribution in [0.4, 0.5) is 0 Å². The third-order valence-corrected chi connectivity index (χ3v) is 4.02. The van der Waals surface area contributed by atoms with E-state index >= 15 is 0 Å². The van der Waals surface area contributed by atoms with Gasteiger partial charge in [-0.3, -0.25) is 15.0 Å². The molecule has 17 heavy (non-hydrogen) atoms. The van der Waals surface area contributed by atoms with Crippen LogP contribution in [0, 0.1) is 0 Å². The van der Waals surface area contributed by atoms with Crippen molar-refractivity contribution in [3.63, 3.8) is 0 Å². The predicted molar refractivity (Wildman–Crippen MR) is 64.1 cm³/mol. The van der Waals surface area contributed by atoms with Crippen molar-refractivity contribution < 1.29 is 14.6 Å². The highest BCUT2D eigenvalue weighted by Crippen LogP contribution is 2.29. The molecule has 2 aliphatic rings. The molecular formula is C12H22N2O3. The molecule has 2 saturated heterocycles. The van der Waals surface area contributed by atoms with E-state index in [1.165, 1.54) is 12.8 Å². The smallest absolute Gasteiger partial charge is 0.326 e. The average molecular weight is 242 g/mol. The average Bonchev–Trinajstić information content (AvgIpc) is 2.83. The zero-order valence-electron chi connectivity index (χ0n) is 10.6. The number of methoxy groups -OCH3 is 1. The van der Waals surface area contributed by atoms with Gasteiger partial charge >= 0.3 is 5.97 Å². The molecule has 3 unspecified atom stereocenters. The van der Waals surface area contributed by atoms with Gasteiger partial charge in [-0.1, -0.05) is 0 Å². The number of fused-ring (bicyclic) bond motifs is 1. The monoisotopic (exact) mass is 242 g/mol. The van der Waals surface area contributed by atoms with Crippen molar-refractivity contribution in [2.24, 2.45) is 0 Å². The summed E-state index contributed by atoms with van der Waals surface area (Å²) in [5, 5.41) is 12.6. The summed E-state index contributed by atoms with van der Waals surface area (Å²) in [5.74, 6) is -0.837. The lowest BCUT2D eigenvalue weighted by Gasteiger charge is -2.31. The summed E-state index contributed by atoms with van der Waals surface area (Å²) < 4.78 is 5.03.